The van der Waals surface area contributed by atoms with Crippen LogP contribution < -0.4 is 4.90 Å². The van der Waals surface area contributed by atoms with Gasteiger partial charge in [-0.1, -0.05) is 17.3 Å². The second kappa shape index (κ2) is 6.39. The van der Waals surface area contributed by atoms with Gasteiger partial charge in [0.25, 0.3) is 0 Å². The Labute approximate surface area is 140 Å². The smallest absolute Gasteiger partial charge is 0.230 e. The van der Waals surface area contributed by atoms with Crippen molar-refractivity contribution in [3.05, 3.63) is 54.2 Å². The van der Waals surface area contributed by atoms with E-state index in [1.807, 2.05) is 31.2 Å². The molecule has 24 heavy (non-hydrogen) atoms. The molecule has 0 saturated carbocycles. The first-order chi connectivity index (χ1) is 11.8. The van der Waals surface area contributed by atoms with Crippen molar-refractivity contribution in [2.45, 2.75) is 25.7 Å². The Balaban J connectivity index is 1.44. The van der Waals surface area contributed by atoms with Gasteiger partial charge in [-0.15, -0.1) is 0 Å². The van der Waals surface area contributed by atoms with Crippen LogP contribution in [0.2, 0.25) is 0 Å². The van der Waals surface area contributed by atoms with Gasteiger partial charge in [-0.2, -0.15) is 4.98 Å². The molecule has 0 radical (unpaired) electrons. The molecule has 6 nitrogen and oxygen atoms in total. The van der Waals surface area contributed by atoms with E-state index in [1.165, 1.54) is 0 Å². The van der Waals surface area contributed by atoms with Crippen molar-refractivity contribution in [3.63, 3.8) is 0 Å². The average molecular weight is 321 g/mol. The van der Waals surface area contributed by atoms with Crippen molar-refractivity contribution >= 4 is 5.82 Å². The Morgan fingerprint density at radius 2 is 1.92 bits per heavy atom. The van der Waals surface area contributed by atoms with Crippen molar-refractivity contribution in [2.24, 2.45) is 0 Å². The number of nitrogens with zero attached hydrogens (tertiary/aromatic N) is 5. The fourth-order valence-corrected chi connectivity index (χ4v) is 3.06. The molecular formula is C18H19N5O. The highest BCUT2D eigenvalue weighted by Gasteiger charge is 2.26. The molecular weight excluding hydrogens is 302 g/mol. The van der Waals surface area contributed by atoms with Crippen LogP contribution in [0.25, 0.3) is 11.5 Å². The van der Waals surface area contributed by atoms with E-state index in [0.29, 0.717) is 17.6 Å². The Bertz CT molecular complexity index is 809. The Morgan fingerprint density at radius 1 is 1.04 bits per heavy atom. The monoisotopic (exact) mass is 321 g/mol. The molecule has 0 aliphatic carbocycles. The minimum Gasteiger partial charge on any atom is -0.357 e. The largest absolute Gasteiger partial charge is 0.357 e. The number of hydrogen-bond acceptors (Lipinski definition) is 6. The van der Waals surface area contributed by atoms with E-state index >= 15 is 0 Å². The summed E-state index contributed by atoms with van der Waals surface area (Å²) in [5.74, 6) is 2.63. The normalized spacial score (nSPS) is 15.6. The zero-order valence-electron chi connectivity index (χ0n) is 13.6. The lowest BCUT2D eigenvalue weighted by atomic mass is 9.97. The van der Waals surface area contributed by atoms with Crippen molar-refractivity contribution in [3.8, 4) is 11.5 Å². The number of hydrogen-bond donors (Lipinski definition) is 0. The van der Waals surface area contributed by atoms with Gasteiger partial charge in [0.1, 0.15) is 11.5 Å². The topological polar surface area (TPSA) is 67.9 Å². The molecule has 0 aromatic carbocycles. The highest BCUT2D eigenvalue weighted by Crippen LogP contribution is 2.29. The van der Waals surface area contributed by atoms with E-state index in [-0.39, 0.29) is 0 Å². The Kier molecular flexibility index (Phi) is 3.94. The molecule has 0 unspecified atom stereocenters. The van der Waals surface area contributed by atoms with Crippen LogP contribution in [0.4, 0.5) is 5.82 Å². The predicted molar refractivity (Wildman–Crippen MR) is 90.7 cm³/mol. The zero-order valence-corrected chi connectivity index (χ0v) is 13.6. The molecule has 1 aliphatic heterocycles. The maximum atomic E-state index is 5.48. The number of aromatic nitrogens is 4. The molecule has 0 spiro atoms. The van der Waals surface area contributed by atoms with E-state index in [0.717, 1.165) is 43.1 Å². The van der Waals surface area contributed by atoms with Gasteiger partial charge in [0.05, 0.1) is 0 Å². The molecule has 0 amide bonds. The summed E-state index contributed by atoms with van der Waals surface area (Å²) in [7, 11) is 0. The van der Waals surface area contributed by atoms with E-state index in [4.69, 9.17) is 4.52 Å². The van der Waals surface area contributed by atoms with Gasteiger partial charge in [0.2, 0.25) is 11.7 Å². The lowest BCUT2D eigenvalue weighted by Gasteiger charge is -2.31. The van der Waals surface area contributed by atoms with Crippen LogP contribution in [0.15, 0.2) is 47.1 Å². The molecule has 122 valence electrons. The first-order valence-electron chi connectivity index (χ1n) is 8.23. The lowest BCUT2D eigenvalue weighted by Crippen LogP contribution is -2.33. The van der Waals surface area contributed by atoms with Gasteiger partial charge in [0, 0.05) is 30.9 Å². The van der Waals surface area contributed by atoms with Crippen LogP contribution in [0.3, 0.4) is 0 Å². The molecule has 4 heterocycles. The number of piperidine rings is 1. The summed E-state index contributed by atoms with van der Waals surface area (Å²) in [6.45, 7) is 3.92. The number of anilines is 1. The summed E-state index contributed by atoms with van der Waals surface area (Å²) in [4.78, 5) is 15.7. The summed E-state index contributed by atoms with van der Waals surface area (Å²) < 4.78 is 5.48. The molecule has 3 aromatic heterocycles. The zero-order chi connectivity index (χ0) is 16.4. The van der Waals surface area contributed by atoms with Crippen LogP contribution in [-0.2, 0) is 0 Å². The first-order valence-corrected chi connectivity index (χ1v) is 8.23. The first kappa shape index (κ1) is 14.8. The molecule has 1 aliphatic rings. The van der Waals surface area contributed by atoms with Crippen LogP contribution >= 0.6 is 0 Å². The van der Waals surface area contributed by atoms with Gasteiger partial charge in [-0.25, -0.2) is 4.98 Å². The molecule has 0 atom stereocenters. The third-order valence-corrected chi connectivity index (χ3v) is 4.38. The molecule has 3 aromatic rings. The number of rotatable bonds is 3. The Hall–Kier alpha value is -2.76. The molecule has 6 heteroatoms. The van der Waals surface area contributed by atoms with Crippen molar-refractivity contribution in [1.29, 1.82) is 0 Å². The summed E-state index contributed by atoms with van der Waals surface area (Å²) in [6, 6.07) is 11.8. The Morgan fingerprint density at radius 3 is 2.67 bits per heavy atom. The van der Waals surface area contributed by atoms with Gasteiger partial charge in [0.15, 0.2) is 0 Å². The van der Waals surface area contributed by atoms with E-state index in [2.05, 4.69) is 37.1 Å². The van der Waals surface area contributed by atoms with Gasteiger partial charge < -0.3 is 9.42 Å². The van der Waals surface area contributed by atoms with Gasteiger partial charge >= 0.3 is 0 Å². The van der Waals surface area contributed by atoms with E-state index < -0.39 is 0 Å². The molecule has 4 rings (SSSR count). The van der Waals surface area contributed by atoms with Crippen molar-refractivity contribution in [2.75, 3.05) is 18.0 Å². The van der Waals surface area contributed by atoms with Crippen LogP contribution in [0, 0.1) is 6.92 Å². The third-order valence-electron chi connectivity index (χ3n) is 4.38. The predicted octanol–water partition coefficient (Wildman–Crippen LogP) is 3.22. The fourth-order valence-electron chi connectivity index (χ4n) is 3.06. The standard InChI is InChI=1S/C18H19N5O/c1-13-5-4-7-16(20-13)23-11-8-14(9-12-23)18-21-17(22-24-18)15-6-2-3-10-19-15/h2-7,10,14H,8-9,11-12H2,1H3. The maximum Gasteiger partial charge on any atom is 0.230 e. The van der Waals surface area contributed by atoms with Crippen LogP contribution in [0.1, 0.15) is 30.3 Å². The van der Waals surface area contributed by atoms with E-state index in [1.54, 1.807) is 6.20 Å². The third kappa shape index (κ3) is 2.99. The highest BCUT2D eigenvalue weighted by atomic mass is 16.5. The number of aryl methyl sites for hydroxylation is 1. The minimum atomic E-state index is 0.302. The van der Waals surface area contributed by atoms with Gasteiger partial charge in [-0.05, 0) is 44.0 Å². The highest BCUT2D eigenvalue weighted by molar-refractivity contribution is 5.47. The second-order valence-electron chi connectivity index (χ2n) is 6.07. The molecule has 0 N–H and O–H groups in total. The summed E-state index contributed by atoms with van der Waals surface area (Å²) in [6.07, 6.45) is 3.71. The molecule has 1 saturated heterocycles. The quantitative estimate of drug-likeness (QED) is 0.738. The second-order valence-corrected chi connectivity index (χ2v) is 6.07. The SMILES string of the molecule is Cc1cccc(N2CCC(c3nc(-c4ccccn4)no3)CC2)n1. The minimum absolute atomic E-state index is 0.302. The fraction of sp³-hybridized carbons (Fsp3) is 0.333. The lowest BCUT2D eigenvalue weighted by molar-refractivity contribution is 0.329. The summed E-state index contributed by atoms with van der Waals surface area (Å²) in [5, 5.41) is 4.08. The summed E-state index contributed by atoms with van der Waals surface area (Å²) in [5.41, 5.74) is 1.79. The summed E-state index contributed by atoms with van der Waals surface area (Å²) >= 11 is 0. The maximum absolute atomic E-state index is 5.48. The molecule has 1 fully saturated rings. The average Bonchev–Trinajstić information content (AvgIpc) is 3.13. The van der Waals surface area contributed by atoms with Crippen LogP contribution in [-0.4, -0.2) is 33.2 Å². The van der Waals surface area contributed by atoms with Crippen molar-refractivity contribution < 1.29 is 4.52 Å². The number of pyridine rings is 2. The van der Waals surface area contributed by atoms with E-state index in [9.17, 15) is 0 Å². The van der Waals surface area contributed by atoms with Crippen LogP contribution in [0.5, 0.6) is 0 Å². The van der Waals surface area contributed by atoms with Gasteiger partial charge in [-0.3, -0.25) is 4.98 Å². The molecule has 0 bridgehead atoms. The van der Waals surface area contributed by atoms with Crippen molar-refractivity contribution in [1.82, 2.24) is 20.1 Å².